The van der Waals surface area contributed by atoms with Gasteiger partial charge >= 0.3 is 5.97 Å². The third kappa shape index (κ3) is 4.68. The van der Waals surface area contributed by atoms with Gasteiger partial charge in [-0.15, -0.1) is 0 Å². The lowest BCUT2D eigenvalue weighted by Gasteiger charge is -2.11. The summed E-state index contributed by atoms with van der Waals surface area (Å²) in [4.78, 5) is 28.7. The summed E-state index contributed by atoms with van der Waals surface area (Å²) in [6, 6.07) is 11.8. The fraction of sp³-hybridized carbons (Fsp3) is 0.0870. The lowest BCUT2D eigenvalue weighted by Crippen LogP contribution is -2.19. The van der Waals surface area contributed by atoms with E-state index in [4.69, 9.17) is 34.8 Å². The maximum absolute atomic E-state index is 12.5. The van der Waals surface area contributed by atoms with Crippen LogP contribution in [0.15, 0.2) is 52.4 Å². The van der Waals surface area contributed by atoms with E-state index in [1.165, 1.54) is 17.8 Å². The Morgan fingerprint density at radius 1 is 1.12 bits per heavy atom. The minimum Gasteiger partial charge on any atom is -0.478 e. The van der Waals surface area contributed by atoms with Gasteiger partial charge in [0, 0.05) is 17.1 Å². The molecule has 4 rings (SSSR count). The Hall–Kier alpha value is -2.71. The van der Waals surface area contributed by atoms with E-state index >= 15 is 0 Å². The summed E-state index contributed by atoms with van der Waals surface area (Å²) in [5.41, 5.74) is 3.85. The van der Waals surface area contributed by atoms with Crippen LogP contribution >= 0.6 is 46.6 Å². The van der Waals surface area contributed by atoms with Crippen LogP contribution in [0, 0.1) is 13.8 Å². The molecular formula is C23H16Cl3N3O3S. The maximum Gasteiger partial charge on any atom is 0.337 e. The van der Waals surface area contributed by atoms with Gasteiger partial charge in [0.05, 0.1) is 31.2 Å². The number of amides is 1. The number of aromatic nitrogens is 1. The molecule has 10 heteroatoms. The molecule has 1 aromatic heterocycles. The molecule has 0 saturated carbocycles. The molecular weight excluding hydrogens is 505 g/mol. The number of aryl methyl sites for hydroxylation is 1. The number of carbonyl (C=O) groups is 2. The highest BCUT2D eigenvalue weighted by Crippen LogP contribution is 2.35. The number of nitrogens with one attached hydrogen (secondary N) is 1. The highest BCUT2D eigenvalue weighted by atomic mass is 35.5. The third-order valence-electron chi connectivity index (χ3n) is 5.00. The molecule has 0 spiro atoms. The number of hydrogen-bond donors (Lipinski definition) is 2. The number of carboxylic acid groups (broad SMARTS) is 1. The molecule has 2 aromatic carbocycles. The largest absolute Gasteiger partial charge is 0.478 e. The van der Waals surface area contributed by atoms with Crippen LogP contribution in [0.5, 0.6) is 0 Å². The van der Waals surface area contributed by atoms with Crippen molar-refractivity contribution in [1.29, 1.82) is 0 Å². The van der Waals surface area contributed by atoms with Gasteiger partial charge in [-0.3, -0.25) is 4.79 Å². The van der Waals surface area contributed by atoms with Crippen molar-refractivity contribution in [2.24, 2.45) is 4.99 Å². The van der Waals surface area contributed by atoms with Crippen molar-refractivity contribution in [1.82, 2.24) is 9.88 Å². The van der Waals surface area contributed by atoms with Crippen molar-refractivity contribution < 1.29 is 14.7 Å². The van der Waals surface area contributed by atoms with Crippen LogP contribution in [0.4, 0.5) is 5.69 Å². The van der Waals surface area contributed by atoms with Crippen LogP contribution in [0.2, 0.25) is 15.1 Å². The molecule has 0 radical (unpaired) electrons. The number of carboxylic acids is 1. The molecule has 1 amide bonds. The average molecular weight is 521 g/mol. The summed E-state index contributed by atoms with van der Waals surface area (Å²) >= 11 is 19.6. The highest BCUT2D eigenvalue weighted by molar-refractivity contribution is 8.18. The van der Waals surface area contributed by atoms with E-state index < -0.39 is 5.97 Å². The van der Waals surface area contributed by atoms with Gasteiger partial charge in [0.25, 0.3) is 5.91 Å². The Bertz CT molecular complexity index is 1380. The first kappa shape index (κ1) is 23.4. The Morgan fingerprint density at radius 3 is 2.58 bits per heavy atom. The van der Waals surface area contributed by atoms with E-state index in [1.807, 2.05) is 24.5 Å². The predicted octanol–water partition coefficient (Wildman–Crippen LogP) is 6.64. The molecule has 1 fully saturated rings. The lowest BCUT2D eigenvalue weighted by molar-refractivity contribution is -0.115. The van der Waals surface area contributed by atoms with E-state index in [-0.39, 0.29) is 16.5 Å². The van der Waals surface area contributed by atoms with Crippen molar-refractivity contribution in [2.75, 3.05) is 0 Å². The second kappa shape index (κ2) is 9.27. The SMILES string of the molecule is Cc1cc(/C=C2\SC(=Nc3cccc(Cl)c3Cl)NC2=O)c(C)n1-c1ccc(C(=O)O)c(Cl)c1. The molecule has 1 saturated heterocycles. The third-order valence-corrected chi connectivity index (χ3v) is 7.03. The monoisotopic (exact) mass is 519 g/mol. The van der Waals surface area contributed by atoms with Crippen molar-refractivity contribution in [3.05, 3.63) is 85.0 Å². The standard InChI is InChI=1S/C23H16Cl3N3O3S/c1-11-8-13(12(2)29(11)14-6-7-15(22(31)32)17(25)10-14)9-19-21(30)28-23(33-19)27-18-5-3-4-16(24)20(18)26/h3-10H,1-2H3,(H,31,32)(H,27,28,30)/b19-9-. The first-order chi connectivity index (χ1) is 15.7. The molecule has 0 atom stereocenters. The summed E-state index contributed by atoms with van der Waals surface area (Å²) in [6.07, 6.45) is 1.79. The molecule has 2 heterocycles. The zero-order valence-corrected chi connectivity index (χ0v) is 20.4. The Labute approximate surface area is 208 Å². The molecule has 33 heavy (non-hydrogen) atoms. The smallest absolute Gasteiger partial charge is 0.337 e. The molecule has 0 bridgehead atoms. The number of nitrogens with zero attached hydrogens (tertiary/aromatic N) is 2. The number of hydrogen-bond acceptors (Lipinski definition) is 4. The van der Waals surface area contributed by atoms with Gasteiger partial charge in [-0.1, -0.05) is 40.9 Å². The highest BCUT2D eigenvalue weighted by Gasteiger charge is 2.25. The van der Waals surface area contributed by atoms with Crippen LogP contribution in [0.3, 0.4) is 0 Å². The lowest BCUT2D eigenvalue weighted by atomic mass is 10.2. The van der Waals surface area contributed by atoms with Gasteiger partial charge in [-0.25, -0.2) is 9.79 Å². The van der Waals surface area contributed by atoms with E-state index in [0.717, 1.165) is 22.6 Å². The van der Waals surface area contributed by atoms with Gasteiger partial charge in [0.2, 0.25) is 0 Å². The zero-order valence-electron chi connectivity index (χ0n) is 17.3. The second-order valence-corrected chi connectivity index (χ2v) is 9.41. The predicted molar refractivity (Wildman–Crippen MR) is 134 cm³/mol. The van der Waals surface area contributed by atoms with Crippen molar-refractivity contribution in [3.8, 4) is 5.69 Å². The van der Waals surface area contributed by atoms with Crippen LogP contribution < -0.4 is 5.32 Å². The fourth-order valence-corrected chi connectivity index (χ4v) is 4.88. The molecule has 6 nitrogen and oxygen atoms in total. The molecule has 1 aliphatic heterocycles. The average Bonchev–Trinajstić information content (AvgIpc) is 3.23. The summed E-state index contributed by atoms with van der Waals surface area (Å²) in [5, 5.41) is 13.2. The summed E-state index contributed by atoms with van der Waals surface area (Å²) < 4.78 is 1.95. The van der Waals surface area contributed by atoms with Crippen LogP contribution in [-0.4, -0.2) is 26.7 Å². The quantitative estimate of drug-likeness (QED) is 0.378. The van der Waals surface area contributed by atoms with Gasteiger partial charge in [0.1, 0.15) is 0 Å². The summed E-state index contributed by atoms with van der Waals surface area (Å²) in [5.74, 6) is -1.35. The molecule has 3 aromatic rings. The van der Waals surface area contributed by atoms with E-state index in [0.29, 0.717) is 25.8 Å². The van der Waals surface area contributed by atoms with Gasteiger partial charge < -0.3 is 15.0 Å². The number of benzene rings is 2. The Balaban J connectivity index is 1.66. The fourth-order valence-electron chi connectivity index (χ4n) is 3.46. The zero-order chi connectivity index (χ0) is 23.9. The van der Waals surface area contributed by atoms with Crippen LogP contribution in [-0.2, 0) is 4.79 Å². The molecule has 168 valence electrons. The second-order valence-electron chi connectivity index (χ2n) is 7.19. The molecule has 0 unspecified atom stereocenters. The van der Waals surface area contributed by atoms with E-state index in [2.05, 4.69) is 10.3 Å². The Kier molecular flexibility index (Phi) is 6.59. The topological polar surface area (TPSA) is 83.7 Å². The minimum absolute atomic E-state index is 0.0378. The molecule has 0 aliphatic carbocycles. The number of carbonyl (C=O) groups excluding carboxylic acids is 1. The van der Waals surface area contributed by atoms with Crippen LogP contribution in [0.25, 0.3) is 11.8 Å². The van der Waals surface area contributed by atoms with Gasteiger partial charge in [-0.05, 0) is 73.6 Å². The van der Waals surface area contributed by atoms with E-state index in [1.54, 1.807) is 36.4 Å². The van der Waals surface area contributed by atoms with Crippen molar-refractivity contribution >= 4 is 75.4 Å². The van der Waals surface area contributed by atoms with Crippen molar-refractivity contribution in [2.45, 2.75) is 13.8 Å². The number of aliphatic imine (C=N–C) groups is 1. The first-order valence-corrected chi connectivity index (χ1v) is 11.6. The normalized spacial score (nSPS) is 16.0. The van der Waals surface area contributed by atoms with Gasteiger partial charge in [-0.2, -0.15) is 0 Å². The Morgan fingerprint density at radius 2 is 1.88 bits per heavy atom. The number of amidine groups is 1. The van der Waals surface area contributed by atoms with E-state index in [9.17, 15) is 14.7 Å². The number of rotatable bonds is 4. The summed E-state index contributed by atoms with van der Waals surface area (Å²) in [6.45, 7) is 3.83. The maximum atomic E-state index is 12.5. The summed E-state index contributed by atoms with van der Waals surface area (Å²) in [7, 11) is 0. The van der Waals surface area contributed by atoms with Crippen molar-refractivity contribution in [3.63, 3.8) is 0 Å². The molecule has 1 aliphatic rings. The minimum atomic E-state index is -1.08. The van der Waals surface area contributed by atoms with Gasteiger partial charge in [0.15, 0.2) is 5.17 Å². The number of thioether (sulfide) groups is 1. The first-order valence-electron chi connectivity index (χ1n) is 9.61. The number of halogens is 3. The number of aromatic carboxylic acids is 1. The molecule has 2 N–H and O–H groups in total. The van der Waals surface area contributed by atoms with Crippen LogP contribution in [0.1, 0.15) is 27.3 Å².